The van der Waals surface area contributed by atoms with E-state index in [0.29, 0.717) is 26.4 Å². The van der Waals surface area contributed by atoms with Gasteiger partial charge in [0.1, 0.15) is 18.2 Å². The monoisotopic (exact) mass is 328 g/mol. The quantitative estimate of drug-likeness (QED) is 0.640. The largest absolute Gasteiger partial charge is 0.488 e. The molecule has 0 amide bonds. The number of amidine groups is 1. The van der Waals surface area contributed by atoms with Gasteiger partial charge >= 0.3 is 0 Å². The molecule has 0 atom stereocenters. The van der Waals surface area contributed by atoms with Crippen LogP contribution in [0.2, 0.25) is 15.1 Å². The van der Waals surface area contributed by atoms with Gasteiger partial charge in [0.15, 0.2) is 0 Å². The molecular weight excluding hydrogens is 319 g/mol. The SMILES string of the molecule is N=C(N)c1c(Cl)cccc1OCc1cccc(Cl)c1Cl. The number of nitrogen functional groups attached to an aromatic ring is 1. The molecule has 0 aliphatic rings. The van der Waals surface area contributed by atoms with E-state index in [9.17, 15) is 0 Å². The first kappa shape index (κ1) is 15.0. The van der Waals surface area contributed by atoms with Crippen molar-refractivity contribution >= 4 is 40.6 Å². The highest BCUT2D eigenvalue weighted by molar-refractivity contribution is 6.42. The molecule has 0 aliphatic heterocycles. The predicted molar refractivity (Wildman–Crippen MR) is 83.3 cm³/mol. The smallest absolute Gasteiger partial charge is 0.132 e. The van der Waals surface area contributed by atoms with Crippen LogP contribution in [0.3, 0.4) is 0 Å². The number of hydrogen-bond acceptors (Lipinski definition) is 2. The second kappa shape index (κ2) is 6.35. The van der Waals surface area contributed by atoms with Gasteiger partial charge in [0.05, 0.1) is 20.6 Å². The van der Waals surface area contributed by atoms with Crippen LogP contribution in [-0.2, 0) is 6.61 Å². The minimum Gasteiger partial charge on any atom is -0.488 e. The second-order valence-electron chi connectivity index (χ2n) is 4.03. The zero-order valence-electron chi connectivity index (χ0n) is 10.3. The molecule has 0 spiro atoms. The molecule has 0 heterocycles. The number of rotatable bonds is 4. The van der Waals surface area contributed by atoms with Crippen molar-refractivity contribution in [3.8, 4) is 5.75 Å². The molecule has 0 aromatic heterocycles. The average molecular weight is 330 g/mol. The summed E-state index contributed by atoms with van der Waals surface area (Å²) in [4.78, 5) is 0. The summed E-state index contributed by atoms with van der Waals surface area (Å²) in [6, 6.07) is 10.4. The predicted octanol–water partition coefficient (Wildman–Crippen LogP) is 4.51. The highest BCUT2D eigenvalue weighted by Crippen LogP contribution is 2.29. The van der Waals surface area contributed by atoms with Crippen LogP contribution < -0.4 is 10.5 Å². The molecule has 3 nitrogen and oxygen atoms in total. The van der Waals surface area contributed by atoms with Crippen molar-refractivity contribution in [2.45, 2.75) is 6.61 Å². The first-order valence-corrected chi connectivity index (χ1v) is 6.82. The maximum absolute atomic E-state index is 7.54. The van der Waals surface area contributed by atoms with Crippen molar-refractivity contribution in [1.29, 1.82) is 5.41 Å². The standard InChI is InChI=1S/C14H11Cl3N2O/c15-9-4-2-6-11(12(9)14(18)19)20-7-8-3-1-5-10(16)13(8)17/h1-6H,7H2,(H3,18,19). The van der Waals surface area contributed by atoms with Crippen molar-refractivity contribution in [3.05, 3.63) is 62.6 Å². The maximum Gasteiger partial charge on any atom is 0.132 e. The Morgan fingerprint density at radius 1 is 1.05 bits per heavy atom. The van der Waals surface area contributed by atoms with Crippen LogP contribution >= 0.6 is 34.8 Å². The number of nitrogens with two attached hydrogens (primary N) is 1. The van der Waals surface area contributed by atoms with E-state index >= 15 is 0 Å². The molecular formula is C14H11Cl3N2O. The first-order valence-electron chi connectivity index (χ1n) is 5.69. The molecule has 20 heavy (non-hydrogen) atoms. The highest BCUT2D eigenvalue weighted by atomic mass is 35.5. The Kier molecular flexibility index (Phi) is 4.76. The summed E-state index contributed by atoms with van der Waals surface area (Å²) in [5, 5.41) is 8.82. The van der Waals surface area contributed by atoms with Gasteiger partial charge in [-0.1, -0.05) is 53.0 Å². The Morgan fingerprint density at radius 3 is 2.40 bits per heavy atom. The van der Waals surface area contributed by atoms with E-state index in [0.717, 1.165) is 5.56 Å². The van der Waals surface area contributed by atoms with Crippen molar-refractivity contribution in [3.63, 3.8) is 0 Å². The molecule has 0 saturated carbocycles. The molecule has 0 fully saturated rings. The summed E-state index contributed by atoms with van der Waals surface area (Å²) in [5.41, 5.74) is 6.62. The fourth-order valence-corrected chi connectivity index (χ4v) is 2.34. The molecule has 0 saturated heterocycles. The lowest BCUT2D eigenvalue weighted by molar-refractivity contribution is 0.305. The third kappa shape index (κ3) is 3.18. The van der Waals surface area contributed by atoms with Crippen molar-refractivity contribution < 1.29 is 4.74 Å². The molecule has 104 valence electrons. The van der Waals surface area contributed by atoms with Gasteiger partial charge < -0.3 is 10.5 Å². The van der Waals surface area contributed by atoms with E-state index in [4.69, 9.17) is 50.7 Å². The Morgan fingerprint density at radius 2 is 1.70 bits per heavy atom. The molecule has 0 unspecified atom stereocenters. The Bertz CT molecular complexity index is 659. The lowest BCUT2D eigenvalue weighted by atomic mass is 10.2. The van der Waals surface area contributed by atoms with Gasteiger partial charge in [-0.25, -0.2) is 0 Å². The van der Waals surface area contributed by atoms with Crippen LogP contribution in [0.4, 0.5) is 0 Å². The number of benzene rings is 2. The summed E-state index contributed by atoms with van der Waals surface area (Å²) in [6.07, 6.45) is 0. The summed E-state index contributed by atoms with van der Waals surface area (Å²) in [6.45, 7) is 0.208. The fourth-order valence-electron chi connectivity index (χ4n) is 1.70. The van der Waals surface area contributed by atoms with Crippen LogP contribution in [0, 0.1) is 5.41 Å². The maximum atomic E-state index is 7.54. The fraction of sp³-hybridized carbons (Fsp3) is 0.0714. The van der Waals surface area contributed by atoms with E-state index in [1.54, 1.807) is 30.3 Å². The molecule has 6 heteroatoms. The topological polar surface area (TPSA) is 59.1 Å². The Labute approximate surface area is 131 Å². The van der Waals surface area contributed by atoms with Crippen molar-refractivity contribution in [2.75, 3.05) is 0 Å². The van der Waals surface area contributed by atoms with Gasteiger partial charge in [0.2, 0.25) is 0 Å². The van der Waals surface area contributed by atoms with Gasteiger partial charge in [0.25, 0.3) is 0 Å². The zero-order valence-corrected chi connectivity index (χ0v) is 12.6. The van der Waals surface area contributed by atoms with E-state index in [2.05, 4.69) is 0 Å². The van der Waals surface area contributed by atoms with Gasteiger partial charge in [-0.2, -0.15) is 0 Å². The number of hydrogen-bond donors (Lipinski definition) is 2. The molecule has 0 bridgehead atoms. The Balaban J connectivity index is 2.26. The second-order valence-corrected chi connectivity index (χ2v) is 5.22. The average Bonchev–Trinajstić information content (AvgIpc) is 2.40. The summed E-state index contributed by atoms with van der Waals surface area (Å²) >= 11 is 18.0. The third-order valence-electron chi connectivity index (χ3n) is 2.66. The van der Waals surface area contributed by atoms with Gasteiger partial charge in [-0.05, 0) is 18.2 Å². The van der Waals surface area contributed by atoms with E-state index in [1.807, 2.05) is 6.07 Å². The van der Waals surface area contributed by atoms with Gasteiger partial charge in [-0.15, -0.1) is 0 Å². The van der Waals surface area contributed by atoms with Gasteiger partial charge in [0, 0.05) is 5.56 Å². The molecule has 3 N–H and O–H groups in total. The lowest BCUT2D eigenvalue weighted by Gasteiger charge is -2.13. The molecule has 0 radical (unpaired) electrons. The summed E-state index contributed by atoms with van der Waals surface area (Å²) < 4.78 is 5.65. The highest BCUT2D eigenvalue weighted by Gasteiger charge is 2.12. The van der Waals surface area contributed by atoms with Crippen LogP contribution in [0.5, 0.6) is 5.75 Å². The molecule has 2 rings (SSSR count). The summed E-state index contributed by atoms with van der Waals surface area (Å²) in [7, 11) is 0. The van der Waals surface area contributed by atoms with Crippen molar-refractivity contribution in [1.82, 2.24) is 0 Å². The molecule has 0 aliphatic carbocycles. The van der Waals surface area contributed by atoms with E-state index in [-0.39, 0.29) is 12.4 Å². The van der Waals surface area contributed by atoms with Crippen LogP contribution in [0.15, 0.2) is 36.4 Å². The lowest BCUT2D eigenvalue weighted by Crippen LogP contribution is -2.14. The molecule has 2 aromatic rings. The number of nitrogens with one attached hydrogen (secondary N) is 1. The Hall–Kier alpha value is -1.42. The first-order chi connectivity index (χ1) is 9.50. The van der Waals surface area contributed by atoms with Crippen LogP contribution in [0.1, 0.15) is 11.1 Å². The normalized spacial score (nSPS) is 10.3. The van der Waals surface area contributed by atoms with Gasteiger partial charge in [-0.3, -0.25) is 5.41 Å². The molecule has 2 aromatic carbocycles. The number of halogens is 3. The van der Waals surface area contributed by atoms with E-state index < -0.39 is 0 Å². The number of ether oxygens (including phenoxy) is 1. The van der Waals surface area contributed by atoms with Crippen molar-refractivity contribution in [2.24, 2.45) is 5.73 Å². The summed E-state index contributed by atoms with van der Waals surface area (Å²) in [5.74, 6) is 0.281. The minimum atomic E-state index is -0.150. The zero-order chi connectivity index (χ0) is 14.7. The van der Waals surface area contributed by atoms with Crippen LogP contribution in [0.25, 0.3) is 0 Å². The van der Waals surface area contributed by atoms with Crippen LogP contribution in [-0.4, -0.2) is 5.84 Å². The third-order valence-corrected chi connectivity index (χ3v) is 3.83. The van der Waals surface area contributed by atoms with E-state index in [1.165, 1.54) is 0 Å². The minimum absolute atomic E-state index is 0.150.